The number of halogens is 1. The SMILES string of the molecule is COc1ccccc1C1/C(=C(/O)c2ccc(Cl)cc2)C(=O)C(=O)N1CCOC(C)C. The van der Waals surface area contributed by atoms with Crippen molar-refractivity contribution in [3.8, 4) is 5.75 Å². The molecule has 1 atom stereocenters. The van der Waals surface area contributed by atoms with Crippen LogP contribution in [0.4, 0.5) is 0 Å². The van der Waals surface area contributed by atoms with Gasteiger partial charge in [-0.1, -0.05) is 29.8 Å². The van der Waals surface area contributed by atoms with Crippen LogP contribution in [0, 0.1) is 0 Å². The Morgan fingerprint density at radius 2 is 1.80 bits per heavy atom. The largest absolute Gasteiger partial charge is 0.507 e. The summed E-state index contributed by atoms with van der Waals surface area (Å²) in [5.74, 6) is -1.17. The van der Waals surface area contributed by atoms with Crippen LogP contribution in [0.2, 0.25) is 5.02 Å². The van der Waals surface area contributed by atoms with Crippen LogP contribution < -0.4 is 4.74 Å². The number of amides is 1. The number of nitrogens with zero attached hydrogens (tertiary/aromatic N) is 1. The van der Waals surface area contributed by atoms with Gasteiger partial charge in [0.15, 0.2) is 0 Å². The van der Waals surface area contributed by atoms with Gasteiger partial charge in [0.05, 0.1) is 31.4 Å². The van der Waals surface area contributed by atoms with Gasteiger partial charge in [0.1, 0.15) is 11.5 Å². The number of Topliss-reactive ketones (excluding diaryl/α,β-unsaturated/α-hetero) is 1. The third-order valence-electron chi connectivity index (χ3n) is 4.87. The topological polar surface area (TPSA) is 76.1 Å². The van der Waals surface area contributed by atoms with E-state index in [4.69, 9.17) is 21.1 Å². The molecule has 1 saturated heterocycles. The summed E-state index contributed by atoms with van der Waals surface area (Å²) >= 11 is 5.94. The van der Waals surface area contributed by atoms with Crippen molar-refractivity contribution in [3.63, 3.8) is 0 Å². The fourth-order valence-electron chi connectivity index (χ4n) is 3.48. The Balaban J connectivity index is 2.13. The van der Waals surface area contributed by atoms with E-state index in [-0.39, 0.29) is 30.6 Å². The van der Waals surface area contributed by atoms with Gasteiger partial charge in [-0.15, -0.1) is 0 Å². The molecule has 0 spiro atoms. The Morgan fingerprint density at radius 3 is 2.43 bits per heavy atom. The summed E-state index contributed by atoms with van der Waals surface area (Å²) in [5, 5.41) is 11.5. The molecule has 1 heterocycles. The number of methoxy groups -OCH3 is 1. The van der Waals surface area contributed by atoms with E-state index in [9.17, 15) is 14.7 Å². The van der Waals surface area contributed by atoms with Gasteiger partial charge in [0.25, 0.3) is 11.7 Å². The van der Waals surface area contributed by atoms with E-state index in [0.717, 1.165) is 0 Å². The number of rotatable bonds is 7. The van der Waals surface area contributed by atoms with E-state index < -0.39 is 17.7 Å². The quantitative estimate of drug-likeness (QED) is 0.405. The zero-order chi connectivity index (χ0) is 21.8. The first-order valence-corrected chi connectivity index (χ1v) is 10.0. The van der Waals surface area contributed by atoms with E-state index >= 15 is 0 Å². The summed E-state index contributed by atoms with van der Waals surface area (Å²) in [5.41, 5.74) is 1.02. The molecule has 1 aliphatic rings. The molecule has 0 aliphatic carbocycles. The molecule has 1 unspecified atom stereocenters. The highest BCUT2D eigenvalue weighted by Crippen LogP contribution is 2.42. The molecule has 0 bridgehead atoms. The van der Waals surface area contributed by atoms with Crippen LogP contribution in [0.1, 0.15) is 31.0 Å². The standard InChI is InChI=1S/C23H24ClNO5/c1-14(2)30-13-12-25-20(17-6-4-5-7-18(17)29-3)19(22(27)23(25)28)21(26)15-8-10-16(24)11-9-15/h4-11,14,20,26H,12-13H2,1-3H3/b21-19-. The molecule has 0 saturated carbocycles. The van der Waals surface area contributed by atoms with Crippen LogP contribution in [-0.4, -0.2) is 48.1 Å². The summed E-state index contributed by atoms with van der Waals surface area (Å²) in [7, 11) is 1.52. The maximum atomic E-state index is 13.0. The minimum atomic E-state index is -0.799. The molecule has 0 aromatic heterocycles. The number of ketones is 1. The molecule has 2 aromatic carbocycles. The van der Waals surface area contributed by atoms with Gasteiger partial charge < -0.3 is 19.5 Å². The van der Waals surface area contributed by atoms with Crippen LogP contribution in [0.15, 0.2) is 54.1 Å². The highest BCUT2D eigenvalue weighted by atomic mass is 35.5. The number of benzene rings is 2. The number of carbonyl (C=O) groups excluding carboxylic acids is 2. The molecule has 0 radical (unpaired) electrons. The van der Waals surface area contributed by atoms with E-state index in [1.807, 2.05) is 13.8 Å². The van der Waals surface area contributed by atoms with Crippen molar-refractivity contribution in [3.05, 3.63) is 70.3 Å². The van der Waals surface area contributed by atoms with E-state index in [2.05, 4.69) is 0 Å². The fraction of sp³-hybridized carbons (Fsp3) is 0.304. The lowest BCUT2D eigenvalue weighted by Crippen LogP contribution is -2.33. The van der Waals surface area contributed by atoms with Gasteiger partial charge in [-0.25, -0.2) is 0 Å². The van der Waals surface area contributed by atoms with Gasteiger partial charge >= 0.3 is 0 Å². The number of ether oxygens (including phenoxy) is 2. The lowest BCUT2D eigenvalue weighted by Gasteiger charge is -2.26. The Bertz CT molecular complexity index is 968. The molecular weight excluding hydrogens is 406 g/mol. The second-order valence-electron chi connectivity index (χ2n) is 7.16. The Labute approximate surface area is 180 Å². The average molecular weight is 430 g/mol. The summed E-state index contributed by atoms with van der Waals surface area (Å²) < 4.78 is 11.1. The zero-order valence-corrected chi connectivity index (χ0v) is 17.8. The van der Waals surface area contributed by atoms with Gasteiger partial charge in [-0.2, -0.15) is 0 Å². The maximum absolute atomic E-state index is 13.0. The van der Waals surface area contributed by atoms with Crippen molar-refractivity contribution in [2.45, 2.75) is 26.0 Å². The van der Waals surface area contributed by atoms with Gasteiger partial charge in [0, 0.05) is 22.7 Å². The molecule has 7 heteroatoms. The first kappa shape index (κ1) is 21.9. The maximum Gasteiger partial charge on any atom is 0.295 e. The molecule has 1 fully saturated rings. The van der Waals surface area contributed by atoms with Gasteiger partial charge in [-0.3, -0.25) is 9.59 Å². The monoisotopic (exact) mass is 429 g/mol. The molecule has 30 heavy (non-hydrogen) atoms. The Kier molecular flexibility index (Phi) is 6.80. The van der Waals surface area contributed by atoms with Crippen LogP contribution in [0.25, 0.3) is 5.76 Å². The number of aliphatic hydroxyl groups is 1. The predicted molar refractivity (Wildman–Crippen MR) is 115 cm³/mol. The lowest BCUT2D eigenvalue weighted by atomic mass is 9.94. The van der Waals surface area contributed by atoms with Crippen LogP contribution in [0.5, 0.6) is 5.75 Å². The molecular formula is C23H24ClNO5. The summed E-state index contributed by atoms with van der Waals surface area (Å²) in [6.07, 6.45) is -0.0133. The molecule has 3 rings (SSSR count). The average Bonchev–Trinajstić information content (AvgIpc) is 2.98. The minimum Gasteiger partial charge on any atom is -0.507 e. The smallest absolute Gasteiger partial charge is 0.295 e. The third kappa shape index (κ3) is 4.35. The van der Waals surface area contributed by atoms with E-state index in [1.165, 1.54) is 12.0 Å². The molecule has 6 nitrogen and oxygen atoms in total. The summed E-state index contributed by atoms with van der Waals surface area (Å²) in [4.78, 5) is 27.3. The number of carbonyl (C=O) groups is 2. The number of hydrogen-bond donors (Lipinski definition) is 1. The van der Waals surface area contributed by atoms with Gasteiger partial charge in [0.2, 0.25) is 0 Å². The predicted octanol–water partition coefficient (Wildman–Crippen LogP) is 4.20. The van der Waals surface area contributed by atoms with Crippen molar-refractivity contribution >= 4 is 29.1 Å². The third-order valence-corrected chi connectivity index (χ3v) is 5.13. The number of para-hydroxylation sites is 1. The molecule has 2 aromatic rings. The van der Waals surface area contributed by atoms with Gasteiger partial charge in [-0.05, 0) is 44.2 Å². The molecule has 1 N–H and O–H groups in total. The van der Waals surface area contributed by atoms with E-state index in [1.54, 1.807) is 48.5 Å². The highest BCUT2D eigenvalue weighted by Gasteiger charge is 2.46. The first-order chi connectivity index (χ1) is 14.3. The molecule has 1 amide bonds. The molecule has 1 aliphatic heterocycles. The van der Waals surface area contributed by atoms with Crippen LogP contribution >= 0.6 is 11.6 Å². The summed E-state index contributed by atoms with van der Waals surface area (Å²) in [6.45, 7) is 4.25. The van der Waals surface area contributed by atoms with Crippen molar-refractivity contribution in [1.82, 2.24) is 4.90 Å². The lowest BCUT2D eigenvalue weighted by molar-refractivity contribution is -0.140. The van der Waals surface area contributed by atoms with Crippen molar-refractivity contribution < 1.29 is 24.2 Å². The normalized spacial score (nSPS) is 18.3. The fourth-order valence-corrected chi connectivity index (χ4v) is 3.60. The van der Waals surface area contributed by atoms with Crippen molar-refractivity contribution in [2.24, 2.45) is 0 Å². The van der Waals surface area contributed by atoms with Crippen LogP contribution in [0.3, 0.4) is 0 Å². The molecule has 158 valence electrons. The first-order valence-electron chi connectivity index (χ1n) is 9.64. The second-order valence-corrected chi connectivity index (χ2v) is 7.60. The second kappa shape index (κ2) is 9.32. The highest BCUT2D eigenvalue weighted by molar-refractivity contribution is 6.46. The zero-order valence-electron chi connectivity index (χ0n) is 17.1. The number of aliphatic hydroxyl groups excluding tert-OH is 1. The number of likely N-dealkylation sites (tertiary alicyclic amines) is 1. The Morgan fingerprint density at radius 1 is 1.13 bits per heavy atom. The van der Waals surface area contributed by atoms with Crippen molar-refractivity contribution in [1.29, 1.82) is 0 Å². The minimum absolute atomic E-state index is 0.0105. The summed E-state index contributed by atoms with van der Waals surface area (Å²) in [6, 6.07) is 12.8. The van der Waals surface area contributed by atoms with Crippen molar-refractivity contribution in [2.75, 3.05) is 20.3 Å². The van der Waals surface area contributed by atoms with E-state index in [0.29, 0.717) is 21.9 Å². The van der Waals surface area contributed by atoms with Crippen LogP contribution in [-0.2, 0) is 14.3 Å². The Hall–Kier alpha value is -2.83. The number of hydrogen-bond acceptors (Lipinski definition) is 5.